The Labute approximate surface area is 122 Å². The van der Waals surface area contributed by atoms with Crippen LogP contribution >= 0.6 is 0 Å². The lowest BCUT2D eigenvalue weighted by atomic mass is 10.1. The smallest absolute Gasteiger partial charge is 0.354 e. The van der Waals surface area contributed by atoms with E-state index in [1.165, 1.54) is 12.3 Å². The lowest BCUT2D eigenvalue weighted by Crippen LogP contribution is -2.13. The number of carbonyl (C=O) groups excluding carboxylic acids is 1. The molecule has 3 aromatic rings. The number of nitrogens with zero attached hydrogens (tertiary/aromatic N) is 1. The van der Waals surface area contributed by atoms with Gasteiger partial charge in [-0.25, -0.2) is 13.6 Å². The average molecular weight is 304 g/mol. The van der Waals surface area contributed by atoms with Crippen LogP contribution in [0.3, 0.4) is 0 Å². The number of esters is 1. The SMILES string of the molecule is CCOC(=O)c1cc(=O)c2c(cnc3ccc(F)c(F)c32)[nH]1. The van der Waals surface area contributed by atoms with Gasteiger partial charge in [0.25, 0.3) is 0 Å². The number of ether oxygens (including phenoxy) is 1. The molecule has 0 unspecified atom stereocenters. The molecule has 0 aliphatic heterocycles. The highest BCUT2D eigenvalue weighted by molar-refractivity contribution is 6.05. The summed E-state index contributed by atoms with van der Waals surface area (Å²) in [6.45, 7) is 1.78. The van der Waals surface area contributed by atoms with Gasteiger partial charge in [0.2, 0.25) is 0 Å². The number of benzene rings is 1. The number of halogens is 2. The van der Waals surface area contributed by atoms with Crippen LogP contribution in [-0.2, 0) is 4.74 Å². The monoisotopic (exact) mass is 304 g/mol. The van der Waals surface area contributed by atoms with Gasteiger partial charge < -0.3 is 9.72 Å². The van der Waals surface area contributed by atoms with Crippen molar-refractivity contribution in [2.75, 3.05) is 6.61 Å². The predicted octanol–water partition coefficient (Wildman–Crippen LogP) is 2.53. The Kier molecular flexibility index (Phi) is 3.32. The third-order valence-corrected chi connectivity index (χ3v) is 3.21. The van der Waals surface area contributed by atoms with Crippen LogP contribution in [0.4, 0.5) is 8.78 Å². The van der Waals surface area contributed by atoms with Crippen molar-refractivity contribution in [2.45, 2.75) is 6.92 Å². The molecule has 0 aliphatic carbocycles. The van der Waals surface area contributed by atoms with Crippen molar-refractivity contribution >= 4 is 27.8 Å². The van der Waals surface area contributed by atoms with E-state index >= 15 is 0 Å². The van der Waals surface area contributed by atoms with Crippen LogP contribution in [0, 0.1) is 11.6 Å². The van der Waals surface area contributed by atoms with Gasteiger partial charge in [-0.3, -0.25) is 9.78 Å². The molecule has 5 nitrogen and oxygen atoms in total. The van der Waals surface area contributed by atoms with Crippen molar-refractivity contribution in [3.8, 4) is 0 Å². The van der Waals surface area contributed by atoms with E-state index < -0.39 is 23.0 Å². The first-order chi connectivity index (χ1) is 10.5. The van der Waals surface area contributed by atoms with Crippen molar-refractivity contribution in [2.24, 2.45) is 0 Å². The molecule has 0 amide bonds. The maximum atomic E-state index is 14.0. The van der Waals surface area contributed by atoms with Gasteiger partial charge in [0.05, 0.1) is 34.6 Å². The molecule has 0 saturated carbocycles. The summed E-state index contributed by atoms with van der Waals surface area (Å²) in [5.74, 6) is -2.93. The fourth-order valence-corrected chi connectivity index (χ4v) is 2.27. The second kappa shape index (κ2) is 5.18. The minimum absolute atomic E-state index is 0.0601. The van der Waals surface area contributed by atoms with Gasteiger partial charge in [0.1, 0.15) is 5.69 Å². The van der Waals surface area contributed by atoms with Crippen molar-refractivity contribution < 1.29 is 18.3 Å². The predicted molar refractivity (Wildman–Crippen MR) is 75.7 cm³/mol. The van der Waals surface area contributed by atoms with Crippen molar-refractivity contribution in [3.05, 3.63) is 51.9 Å². The number of hydrogen-bond acceptors (Lipinski definition) is 4. The summed E-state index contributed by atoms with van der Waals surface area (Å²) in [6, 6.07) is 3.23. The van der Waals surface area contributed by atoms with Crippen molar-refractivity contribution in [3.63, 3.8) is 0 Å². The minimum atomic E-state index is -1.15. The van der Waals surface area contributed by atoms with E-state index in [0.29, 0.717) is 0 Å². The van der Waals surface area contributed by atoms with Crippen LogP contribution in [0.5, 0.6) is 0 Å². The second-order valence-electron chi connectivity index (χ2n) is 4.57. The molecule has 0 spiro atoms. The molecule has 1 aromatic carbocycles. The normalized spacial score (nSPS) is 11.0. The van der Waals surface area contributed by atoms with Crippen LogP contribution in [-0.4, -0.2) is 22.5 Å². The molecular formula is C15H10F2N2O3. The zero-order valence-corrected chi connectivity index (χ0v) is 11.4. The summed E-state index contributed by atoms with van der Waals surface area (Å²) >= 11 is 0. The van der Waals surface area contributed by atoms with E-state index in [-0.39, 0.29) is 34.1 Å². The van der Waals surface area contributed by atoms with Gasteiger partial charge in [0, 0.05) is 6.07 Å². The van der Waals surface area contributed by atoms with Crippen LogP contribution < -0.4 is 5.43 Å². The number of H-pyrrole nitrogens is 1. The number of pyridine rings is 2. The van der Waals surface area contributed by atoms with Gasteiger partial charge in [-0.05, 0) is 19.1 Å². The Morgan fingerprint density at radius 1 is 1.32 bits per heavy atom. The number of rotatable bonds is 2. The van der Waals surface area contributed by atoms with E-state index in [4.69, 9.17) is 4.74 Å². The Morgan fingerprint density at radius 3 is 2.82 bits per heavy atom. The molecule has 0 radical (unpaired) electrons. The summed E-state index contributed by atoms with van der Waals surface area (Å²) in [5, 5.41) is -0.274. The Hall–Kier alpha value is -2.83. The molecule has 0 fully saturated rings. The van der Waals surface area contributed by atoms with Crippen LogP contribution in [0.25, 0.3) is 21.8 Å². The third kappa shape index (κ3) is 2.11. The standard InChI is InChI=1S/C15H10F2N2O3/c1-2-22-15(21)9-5-11(20)12-10(19-9)6-18-8-4-3-7(16)14(17)13(8)12/h3-6H,2H2,1H3,(H,19,20). The molecule has 2 heterocycles. The Morgan fingerprint density at radius 2 is 2.09 bits per heavy atom. The summed E-state index contributed by atoms with van der Waals surface area (Å²) in [4.78, 5) is 30.6. The summed E-state index contributed by atoms with van der Waals surface area (Å²) in [6.07, 6.45) is 1.29. The molecule has 0 bridgehead atoms. The van der Waals surface area contributed by atoms with E-state index in [2.05, 4.69) is 9.97 Å². The molecule has 1 N–H and O–H groups in total. The minimum Gasteiger partial charge on any atom is -0.461 e. The van der Waals surface area contributed by atoms with Crippen molar-refractivity contribution in [1.82, 2.24) is 9.97 Å². The van der Waals surface area contributed by atoms with Crippen LogP contribution in [0.15, 0.2) is 29.2 Å². The van der Waals surface area contributed by atoms with Crippen LogP contribution in [0.2, 0.25) is 0 Å². The highest BCUT2D eigenvalue weighted by Crippen LogP contribution is 2.24. The highest BCUT2D eigenvalue weighted by atomic mass is 19.2. The first-order valence-electron chi connectivity index (χ1n) is 6.49. The first kappa shape index (κ1) is 14.1. The number of hydrogen-bond donors (Lipinski definition) is 1. The maximum absolute atomic E-state index is 14.0. The summed E-state index contributed by atoms with van der Waals surface area (Å²) < 4.78 is 32.3. The Balaban J connectivity index is 2.39. The number of aromatic amines is 1. The molecule has 0 atom stereocenters. The molecule has 3 rings (SSSR count). The fourth-order valence-electron chi connectivity index (χ4n) is 2.27. The zero-order valence-electron chi connectivity index (χ0n) is 11.4. The lowest BCUT2D eigenvalue weighted by Gasteiger charge is -2.07. The molecule has 0 saturated heterocycles. The van der Waals surface area contributed by atoms with E-state index in [0.717, 1.165) is 12.1 Å². The van der Waals surface area contributed by atoms with Gasteiger partial charge >= 0.3 is 5.97 Å². The summed E-state index contributed by atoms with van der Waals surface area (Å²) in [5.41, 5.74) is -0.403. The van der Waals surface area contributed by atoms with E-state index in [1.807, 2.05) is 0 Å². The number of nitrogens with one attached hydrogen (secondary N) is 1. The first-order valence-corrected chi connectivity index (χ1v) is 6.49. The van der Waals surface area contributed by atoms with Gasteiger partial charge in [-0.15, -0.1) is 0 Å². The largest absolute Gasteiger partial charge is 0.461 e. The van der Waals surface area contributed by atoms with E-state index in [9.17, 15) is 18.4 Å². The molecule has 112 valence electrons. The second-order valence-corrected chi connectivity index (χ2v) is 4.57. The summed E-state index contributed by atoms with van der Waals surface area (Å²) in [7, 11) is 0. The average Bonchev–Trinajstić information content (AvgIpc) is 2.50. The topological polar surface area (TPSA) is 72.1 Å². The fraction of sp³-hybridized carbons (Fsp3) is 0.133. The number of aromatic nitrogens is 2. The highest BCUT2D eigenvalue weighted by Gasteiger charge is 2.16. The quantitative estimate of drug-likeness (QED) is 0.583. The van der Waals surface area contributed by atoms with Gasteiger partial charge in [-0.1, -0.05) is 0 Å². The molecule has 22 heavy (non-hydrogen) atoms. The van der Waals surface area contributed by atoms with Crippen LogP contribution in [0.1, 0.15) is 17.4 Å². The molecule has 7 heteroatoms. The molecule has 0 aliphatic rings. The molecule has 2 aromatic heterocycles. The lowest BCUT2D eigenvalue weighted by molar-refractivity contribution is 0.0520. The number of fused-ring (bicyclic) bond motifs is 3. The molecular weight excluding hydrogens is 294 g/mol. The number of carbonyl (C=O) groups is 1. The van der Waals surface area contributed by atoms with Gasteiger partial charge in [-0.2, -0.15) is 0 Å². The third-order valence-electron chi connectivity index (χ3n) is 3.21. The zero-order chi connectivity index (χ0) is 15.9. The van der Waals surface area contributed by atoms with Crippen molar-refractivity contribution in [1.29, 1.82) is 0 Å². The Bertz CT molecular complexity index is 966. The van der Waals surface area contributed by atoms with E-state index in [1.54, 1.807) is 6.92 Å². The van der Waals surface area contributed by atoms with Gasteiger partial charge in [0.15, 0.2) is 17.1 Å². The maximum Gasteiger partial charge on any atom is 0.354 e.